The van der Waals surface area contributed by atoms with E-state index in [1.165, 1.54) is 14.2 Å². The van der Waals surface area contributed by atoms with Crippen LogP contribution in [0.2, 0.25) is 0 Å². The van der Waals surface area contributed by atoms with Crippen molar-refractivity contribution in [1.82, 2.24) is 0 Å². The van der Waals surface area contributed by atoms with E-state index >= 15 is 0 Å². The van der Waals surface area contributed by atoms with E-state index in [0.29, 0.717) is 16.7 Å². The van der Waals surface area contributed by atoms with Crippen LogP contribution in [-0.4, -0.2) is 31.4 Å². The van der Waals surface area contributed by atoms with Crippen LogP contribution >= 0.6 is 7.14 Å². The van der Waals surface area contributed by atoms with E-state index in [1.54, 1.807) is 38.1 Å². The van der Waals surface area contributed by atoms with Crippen LogP contribution in [0, 0.1) is 26.7 Å². The zero-order valence-corrected chi connectivity index (χ0v) is 19.1. The van der Waals surface area contributed by atoms with Crippen molar-refractivity contribution in [3.05, 3.63) is 58.1 Å². The molecule has 2 aromatic carbocycles. The minimum Gasteiger partial charge on any atom is -0.496 e. The first-order chi connectivity index (χ1) is 13.6. The summed E-state index contributed by atoms with van der Waals surface area (Å²) in [5.41, 5.74) is 1.34. The number of rotatable bonds is 8. The summed E-state index contributed by atoms with van der Waals surface area (Å²) in [5.74, 6) is 0.399. The summed E-state index contributed by atoms with van der Waals surface area (Å²) < 4.78 is 24.9. The van der Waals surface area contributed by atoms with E-state index in [1.807, 2.05) is 26.8 Å². The monoisotopic (exact) mass is 416 g/mol. The first kappa shape index (κ1) is 22.9. The summed E-state index contributed by atoms with van der Waals surface area (Å²) in [6.45, 7) is 9.12. The van der Waals surface area contributed by atoms with Crippen molar-refractivity contribution >= 4 is 18.2 Å². The van der Waals surface area contributed by atoms with Crippen LogP contribution in [0.4, 0.5) is 0 Å². The lowest BCUT2D eigenvalue weighted by Crippen LogP contribution is -2.19. The molecule has 5 nitrogen and oxygen atoms in total. The molecule has 29 heavy (non-hydrogen) atoms. The maximum atomic E-state index is 14.1. The number of ether oxygens (including phenoxy) is 2. The smallest absolute Gasteiger partial charge is 0.236 e. The van der Waals surface area contributed by atoms with Crippen LogP contribution in [-0.2, 0) is 4.57 Å². The molecule has 0 spiro atoms. The quantitative estimate of drug-likeness (QED) is 0.522. The molecule has 0 aromatic heterocycles. The minimum atomic E-state index is -3.99. The Hall–Kier alpha value is -2.39. The summed E-state index contributed by atoms with van der Waals surface area (Å²) in [7, 11) is -1.12. The van der Waals surface area contributed by atoms with E-state index in [2.05, 4.69) is 0 Å². The zero-order chi connectivity index (χ0) is 21.9. The van der Waals surface area contributed by atoms with Crippen molar-refractivity contribution in [2.45, 2.75) is 34.6 Å². The lowest BCUT2D eigenvalue weighted by molar-refractivity contribution is 0.103. The molecule has 0 amide bonds. The van der Waals surface area contributed by atoms with Crippen LogP contribution in [0.15, 0.2) is 30.3 Å². The second kappa shape index (κ2) is 8.96. The summed E-state index contributed by atoms with van der Waals surface area (Å²) in [6, 6.07) is 8.77. The van der Waals surface area contributed by atoms with Gasteiger partial charge in [0.2, 0.25) is 18.2 Å². The number of hydrogen-bond acceptors (Lipinski definition) is 5. The summed E-state index contributed by atoms with van der Waals surface area (Å²) in [6.07, 6.45) is -0.0153. The fourth-order valence-electron chi connectivity index (χ4n) is 3.54. The lowest BCUT2D eigenvalue weighted by Gasteiger charge is -2.22. The molecule has 0 fully saturated rings. The Morgan fingerprint density at radius 3 is 1.76 bits per heavy atom. The van der Waals surface area contributed by atoms with Crippen LogP contribution in [0.3, 0.4) is 0 Å². The van der Waals surface area contributed by atoms with E-state index in [-0.39, 0.29) is 29.1 Å². The SMILES string of the molecule is COc1cc(C)cc(OC)c1C(=O)P(=O)(CC(C)C)C(=O)c1c(C)cccc1C. The third kappa shape index (κ3) is 4.45. The van der Waals surface area contributed by atoms with Gasteiger partial charge in [-0.25, -0.2) is 0 Å². The Morgan fingerprint density at radius 1 is 0.897 bits per heavy atom. The van der Waals surface area contributed by atoms with Crippen LogP contribution in [0.1, 0.15) is 51.3 Å². The Balaban J connectivity index is 2.75. The molecule has 0 heterocycles. The van der Waals surface area contributed by atoms with Gasteiger partial charge in [0.15, 0.2) is 0 Å². The van der Waals surface area contributed by atoms with Crippen molar-refractivity contribution in [2.24, 2.45) is 5.92 Å². The molecule has 2 aromatic rings. The van der Waals surface area contributed by atoms with Crippen molar-refractivity contribution in [1.29, 1.82) is 0 Å². The average Bonchev–Trinajstić information content (AvgIpc) is 2.65. The molecule has 0 bridgehead atoms. The molecule has 0 aliphatic rings. The number of hydrogen-bond donors (Lipinski definition) is 0. The average molecular weight is 416 g/mol. The molecule has 0 radical (unpaired) electrons. The van der Waals surface area contributed by atoms with Gasteiger partial charge >= 0.3 is 0 Å². The number of benzene rings is 2. The minimum absolute atomic E-state index is 0.0153. The van der Waals surface area contributed by atoms with Gasteiger partial charge in [0.1, 0.15) is 17.1 Å². The first-order valence-corrected chi connectivity index (χ1v) is 11.4. The Morgan fingerprint density at radius 2 is 1.34 bits per heavy atom. The number of carbonyl (C=O) groups is 2. The Kier molecular flexibility index (Phi) is 7.07. The number of methoxy groups -OCH3 is 2. The molecular weight excluding hydrogens is 387 g/mol. The van der Waals surface area contributed by atoms with Crippen LogP contribution in [0.25, 0.3) is 0 Å². The summed E-state index contributed by atoms with van der Waals surface area (Å²) in [4.78, 5) is 27.2. The standard InChI is InChI=1S/C23H29O5P/c1-14(2)13-29(26,22(24)20-16(4)9-8-10-17(20)5)23(25)21-18(27-6)11-15(3)12-19(21)28-7/h8-12,14H,13H2,1-7H3. The van der Waals surface area contributed by atoms with Gasteiger partial charge in [-0.2, -0.15) is 0 Å². The topological polar surface area (TPSA) is 69.7 Å². The zero-order valence-electron chi connectivity index (χ0n) is 18.2. The highest BCUT2D eigenvalue weighted by Gasteiger charge is 2.44. The lowest BCUT2D eigenvalue weighted by atomic mass is 10.0. The Labute approximate surface area is 172 Å². The van der Waals surface area contributed by atoms with Crippen molar-refractivity contribution in [2.75, 3.05) is 20.4 Å². The van der Waals surface area contributed by atoms with Gasteiger partial charge in [-0.05, 0) is 55.5 Å². The molecule has 0 aliphatic heterocycles. The highest BCUT2D eigenvalue weighted by atomic mass is 31.2. The highest BCUT2D eigenvalue weighted by Crippen LogP contribution is 2.56. The predicted octanol–water partition coefficient (Wildman–Crippen LogP) is 5.63. The van der Waals surface area contributed by atoms with E-state index in [4.69, 9.17) is 9.47 Å². The fourth-order valence-corrected chi connectivity index (χ4v) is 6.38. The van der Waals surface area contributed by atoms with Crippen LogP contribution < -0.4 is 9.47 Å². The van der Waals surface area contributed by atoms with E-state index in [9.17, 15) is 14.2 Å². The second-order valence-corrected chi connectivity index (χ2v) is 10.4. The molecule has 1 unspecified atom stereocenters. The molecule has 6 heteroatoms. The van der Waals surface area contributed by atoms with Gasteiger partial charge < -0.3 is 14.0 Å². The van der Waals surface area contributed by atoms with Gasteiger partial charge in [-0.3, -0.25) is 9.59 Å². The number of aryl methyl sites for hydroxylation is 3. The van der Waals surface area contributed by atoms with Crippen molar-refractivity contribution in [3.63, 3.8) is 0 Å². The van der Waals surface area contributed by atoms with Gasteiger partial charge in [0.25, 0.3) is 0 Å². The van der Waals surface area contributed by atoms with Gasteiger partial charge in [0, 0.05) is 11.7 Å². The summed E-state index contributed by atoms with van der Waals surface area (Å²) in [5, 5.41) is 0. The van der Waals surface area contributed by atoms with E-state index < -0.39 is 18.2 Å². The Bertz CT molecular complexity index is 946. The number of carbonyl (C=O) groups excluding carboxylic acids is 2. The van der Waals surface area contributed by atoms with E-state index in [0.717, 1.165) is 5.56 Å². The van der Waals surface area contributed by atoms with Crippen molar-refractivity contribution < 1.29 is 23.6 Å². The summed E-state index contributed by atoms with van der Waals surface area (Å²) >= 11 is 0. The molecule has 1 atom stereocenters. The normalized spacial score (nSPS) is 13.1. The van der Waals surface area contributed by atoms with Gasteiger partial charge in [-0.1, -0.05) is 32.0 Å². The maximum Gasteiger partial charge on any atom is 0.236 e. The molecule has 0 N–H and O–H groups in total. The first-order valence-electron chi connectivity index (χ1n) is 9.54. The fraction of sp³-hybridized carbons (Fsp3) is 0.391. The molecule has 0 saturated heterocycles. The highest BCUT2D eigenvalue weighted by molar-refractivity contribution is 7.95. The third-order valence-corrected chi connectivity index (χ3v) is 7.84. The largest absolute Gasteiger partial charge is 0.496 e. The van der Waals surface area contributed by atoms with Crippen molar-refractivity contribution in [3.8, 4) is 11.5 Å². The van der Waals surface area contributed by atoms with Crippen LogP contribution in [0.5, 0.6) is 11.5 Å². The third-order valence-electron chi connectivity index (χ3n) is 4.84. The molecule has 0 aliphatic carbocycles. The molecule has 0 saturated carbocycles. The maximum absolute atomic E-state index is 14.1. The van der Waals surface area contributed by atoms with Gasteiger partial charge in [-0.15, -0.1) is 0 Å². The second-order valence-electron chi connectivity index (χ2n) is 7.74. The predicted molar refractivity (Wildman–Crippen MR) is 116 cm³/mol. The van der Waals surface area contributed by atoms with Gasteiger partial charge in [0.05, 0.1) is 14.2 Å². The molecular formula is C23H29O5P. The molecule has 2 rings (SSSR count). The molecule has 156 valence electrons.